The Hall–Kier alpha value is -1.50. The van der Waals surface area contributed by atoms with Gasteiger partial charge in [-0.2, -0.15) is 0 Å². The lowest BCUT2D eigenvalue weighted by molar-refractivity contribution is -0.180. The molecule has 1 saturated heterocycles. The number of ether oxygens (including phenoxy) is 2. The molecule has 0 bridgehead atoms. The maximum Gasteiger partial charge on any atom is 0.187 e. The number of benzene rings is 2. The van der Waals surface area contributed by atoms with Crippen molar-refractivity contribution in [3.05, 3.63) is 82.9 Å². The number of hydrogen-bond donors (Lipinski definition) is 0. The van der Waals surface area contributed by atoms with Gasteiger partial charge in [-0.25, -0.2) is 4.98 Å². The molecule has 0 saturated carbocycles. The van der Waals surface area contributed by atoms with E-state index in [1.807, 2.05) is 47.2 Å². The summed E-state index contributed by atoms with van der Waals surface area (Å²) in [5.74, 6) is 0.166. The van der Waals surface area contributed by atoms with Gasteiger partial charge >= 0.3 is 0 Å². The summed E-state index contributed by atoms with van der Waals surface area (Å²) >= 11 is 13.7. The summed E-state index contributed by atoms with van der Waals surface area (Å²) in [6, 6.07) is 15.8. The van der Waals surface area contributed by atoms with Gasteiger partial charge in [0, 0.05) is 39.5 Å². The number of imidazole rings is 1. The van der Waals surface area contributed by atoms with E-state index in [1.54, 1.807) is 24.3 Å². The number of halogens is 2. The molecule has 1 aromatic heterocycles. The third kappa shape index (κ3) is 5.77. The van der Waals surface area contributed by atoms with Crippen LogP contribution < -0.4 is 0 Å². The molecule has 2 atom stereocenters. The zero-order valence-electron chi connectivity index (χ0n) is 15.8. The summed E-state index contributed by atoms with van der Waals surface area (Å²) in [5, 5.41) is 1.49. The highest BCUT2D eigenvalue weighted by Gasteiger charge is 2.41. The summed E-state index contributed by atoms with van der Waals surface area (Å²) in [4.78, 5) is 5.32. The highest BCUT2D eigenvalue weighted by molar-refractivity contribution is 7.99. The Kier molecular flexibility index (Phi) is 6.83. The topological polar surface area (TPSA) is 36.3 Å². The molecule has 29 heavy (non-hydrogen) atoms. The molecular formula is C22H22Cl2N2O2S. The molecule has 0 N–H and O–H groups in total. The van der Waals surface area contributed by atoms with Crippen LogP contribution in [0.4, 0.5) is 0 Å². The Bertz CT molecular complexity index is 904. The first-order chi connectivity index (χ1) is 14.1. The second-order valence-electron chi connectivity index (χ2n) is 7.09. The van der Waals surface area contributed by atoms with Gasteiger partial charge in [0.05, 0.1) is 25.6 Å². The van der Waals surface area contributed by atoms with Crippen LogP contribution >= 0.6 is 35.0 Å². The quantitative estimate of drug-likeness (QED) is 0.412. The van der Waals surface area contributed by atoms with Gasteiger partial charge in [0.25, 0.3) is 0 Å². The lowest BCUT2D eigenvalue weighted by Crippen LogP contribution is -2.37. The average molecular weight is 449 g/mol. The van der Waals surface area contributed by atoms with Crippen molar-refractivity contribution in [1.82, 2.24) is 9.55 Å². The van der Waals surface area contributed by atoms with Gasteiger partial charge in [0.1, 0.15) is 0 Å². The maximum atomic E-state index is 6.47. The fourth-order valence-electron chi connectivity index (χ4n) is 3.36. The van der Waals surface area contributed by atoms with Crippen molar-refractivity contribution in [3.63, 3.8) is 0 Å². The highest BCUT2D eigenvalue weighted by Crippen LogP contribution is 2.33. The summed E-state index contributed by atoms with van der Waals surface area (Å²) in [6.45, 7) is 1.19. The molecule has 0 aliphatic carbocycles. The number of nitrogens with zero attached hydrogens (tertiary/aromatic N) is 2. The van der Waals surface area contributed by atoms with Gasteiger partial charge in [0.2, 0.25) is 0 Å². The molecule has 0 radical (unpaired) electrons. The Labute approximate surface area is 185 Å². The standard InChI is InChI=1S/C22H22Cl2N2O2S/c23-18-3-1-17(2-4-18)9-10-22(15-26-12-11-25-16-26)27-13-20(28-22)14-29-21-7-5-19(24)6-8-21/h1-8,11-12,16,20H,9-10,13-15H2. The van der Waals surface area contributed by atoms with Crippen molar-refractivity contribution < 1.29 is 9.47 Å². The summed E-state index contributed by atoms with van der Waals surface area (Å²) in [7, 11) is 0. The van der Waals surface area contributed by atoms with Crippen molar-refractivity contribution >= 4 is 35.0 Å². The van der Waals surface area contributed by atoms with Crippen molar-refractivity contribution in [3.8, 4) is 0 Å². The second-order valence-corrected chi connectivity index (χ2v) is 9.05. The Balaban J connectivity index is 1.40. The SMILES string of the molecule is Clc1ccc(CCC2(Cn3ccnc3)OCC(CSc3ccc(Cl)cc3)O2)cc1. The van der Waals surface area contributed by atoms with E-state index in [4.69, 9.17) is 32.7 Å². The van der Waals surface area contributed by atoms with Crippen LogP contribution in [0, 0.1) is 0 Å². The molecule has 4 nitrogen and oxygen atoms in total. The fourth-order valence-corrected chi connectivity index (χ4v) is 4.48. The minimum absolute atomic E-state index is 0.0319. The largest absolute Gasteiger partial charge is 0.345 e. The van der Waals surface area contributed by atoms with Crippen LogP contribution in [-0.4, -0.2) is 33.8 Å². The van der Waals surface area contributed by atoms with Gasteiger partial charge in [-0.15, -0.1) is 11.8 Å². The van der Waals surface area contributed by atoms with E-state index in [-0.39, 0.29) is 6.10 Å². The Morgan fingerprint density at radius 3 is 2.48 bits per heavy atom. The molecule has 7 heteroatoms. The smallest absolute Gasteiger partial charge is 0.187 e. The van der Waals surface area contributed by atoms with Crippen LogP contribution in [0.15, 0.2) is 72.1 Å². The van der Waals surface area contributed by atoms with E-state index < -0.39 is 5.79 Å². The predicted octanol–water partition coefficient (Wildman–Crippen LogP) is 5.73. The number of thioether (sulfide) groups is 1. The normalized spacial score (nSPS) is 21.5. The molecule has 1 aliphatic heterocycles. The van der Waals surface area contributed by atoms with Crippen LogP contribution in [0.5, 0.6) is 0 Å². The van der Waals surface area contributed by atoms with Gasteiger partial charge < -0.3 is 14.0 Å². The van der Waals surface area contributed by atoms with Crippen LogP contribution in [0.1, 0.15) is 12.0 Å². The first kappa shape index (κ1) is 20.8. The van der Waals surface area contributed by atoms with Gasteiger partial charge in [-0.05, 0) is 48.4 Å². The lowest BCUT2D eigenvalue weighted by atomic mass is 10.0. The highest BCUT2D eigenvalue weighted by atomic mass is 35.5. The van der Waals surface area contributed by atoms with Crippen LogP contribution in [0.25, 0.3) is 0 Å². The third-order valence-electron chi connectivity index (χ3n) is 4.85. The van der Waals surface area contributed by atoms with E-state index >= 15 is 0 Å². The summed E-state index contributed by atoms with van der Waals surface area (Å²) < 4.78 is 14.7. The van der Waals surface area contributed by atoms with Gasteiger partial charge in [0.15, 0.2) is 5.79 Å². The fraction of sp³-hybridized carbons (Fsp3) is 0.318. The maximum absolute atomic E-state index is 6.47. The number of rotatable bonds is 8. The van der Waals surface area contributed by atoms with E-state index in [9.17, 15) is 0 Å². The van der Waals surface area contributed by atoms with E-state index in [2.05, 4.69) is 17.1 Å². The van der Waals surface area contributed by atoms with Crippen LogP contribution in [0.2, 0.25) is 10.0 Å². The molecule has 2 aromatic carbocycles. The molecular weight excluding hydrogens is 427 g/mol. The molecule has 0 amide bonds. The molecule has 2 heterocycles. The number of aryl methyl sites for hydroxylation is 1. The molecule has 4 rings (SSSR count). The van der Waals surface area contributed by atoms with Crippen molar-refractivity contribution in [2.45, 2.75) is 36.2 Å². The zero-order valence-corrected chi connectivity index (χ0v) is 18.2. The molecule has 1 fully saturated rings. The van der Waals surface area contributed by atoms with Crippen molar-refractivity contribution in [2.24, 2.45) is 0 Å². The first-order valence-electron chi connectivity index (χ1n) is 9.51. The van der Waals surface area contributed by atoms with Crippen LogP contribution in [0.3, 0.4) is 0 Å². The van der Waals surface area contributed by atoms with E-state index in [0.29, 0.717) is 13.2 Å². The first-order valence-corrected chi connectivity index (χ1v) is 11.2. The molecule has 0 spiro atoms. The third-order valence-corrected chi connectivity index (χ3v) is 6.50. The molecule has 3 aromatic rings. The van der Waals surface area contributed by atoms with Crippen LogP contribution in [-0.2, 0) is 22.4 Å². The van der Waals surface area contributed by atoms with Crippen molar-refractivity contribution in [2.75, 3.05) is 12.4 Å². The van der Waals surface area contributed by atoms with Crippen molar-refractivity contribution in [1.29, 1.82) is 0 Å². The van der Waals surface area contributed by atoms with E-state index in [1.165, 1.54) is 10.5 Å². The second kappa shape index (κ2) is 9.54. The molecule has 1 aliphatic rings. The predicted molar refractivity (Wildman–Crippen MR) is 118 cm³/mol. The minimum Gasteiger partial charge on any atom is -0.345 e. The molecule has 152 valence electrons. The van der Waals surface area contributed by atoms with E-state index in [0.717, 1.165) is 28.6 Å². The Morgan fingerprint density at radius 2 is 1.79 bits per heavy atom. The average Bonchev–Trinajstić information content (AvgIpc) is 3.38. The summed E-state index contributed by atoms with van der Waals surface area (Å²) in [6.07, 6.45) is 7.15. The number of hydrogen-bond acceptors (Lipinski definition) is 4. The minimum atomic E-state index is -0.661. The molecule has 2 unspecified atom stereocenters. The summed E-state index contributed by atoms with van der Waals surface area (Å²) in [5.41, 5.74) is 1.21. The number of aromatic nitrogens is 2. The lowest BCUT2D eigenvalue weighted by Gasteiger charge is -2.28. The Morgan fingerprint density at radius 1 is 1.07 bits per heavy atom. The zero-order chi connectivity index (χ0) is 20.1. The van der Waals surface area contributed by atoms with Gasteiger partial charge in [-0.1, -0.05) is 35.3 Å². The monoisotopic (exact) mass is 448 g/mol. The van der Waals surface area contributed by atoms with Gasteiger partial charge in [-0.3, -0.25) is 0 Å².